The van der Waals surface area contributed by atoms with Crippen LogP contribution in [0.15, 0.2) is 16.6 Å². The highest BCUT2D eigenvalue weighted by molar-refractivity contribution is 9.10. The largest absolute Gasteiger partial charge is 0.416 e. The van der Waals surface area contributed by atoms with Gasteiger partial charge in [-0.15, -0.1) is 0 Å². The molecule has 17 heavy (non-hydrogen) atoms. The number of Topliss-reactive ketones (excluding diaryl/α,β-unsaturated/α-hetero) is 1. The van der Waals surface area contributed by atoms with Gasteiger partial charge in [-0.3, -0.25) is 4.79 Å². The van der Waals surface area contributed by atoms with E-state index in [1.54, 1.807) is 0 Å². The first-order valence-electron chi connectivity index (χ1n) is 4.91. The highest BCUT2D eigenvalue weighted by atomic mass is 79.9. The van der Waals surface area contributed by atoms with Crippen molar-refractivity contribution in [2.24, 2.45) is 5.92 Å². The lowest BCUT2D eigenvalue weighted by Crippen LogP contribution is -2.09. The van der Waals surface area contributed by atoms with Crippen LogP contribution >= 0.6 is 27.5 Å². The van der Waals surface area contributed by atoms with Gasteiger partial charge in [0.05, 0.1) is 10.6 Å². The van der Waals surface area contributed by atoms with Gasteiger partial charge in [0.2, 0.25) is 0 Å². The third-order valence-corrected chi connectivity index (χ3v) is 3.83. The molecule has 0 aromatic heterocycles. The van der Waals surface area contributed by atoms with Gasteiger partial charge in [-0.05, 0) is 40.9 Å². The summed E-state index contributed by atoms with van der Waals surface area (Å²) in [5, 5.41) is 0.0508. The summed E-state index contributed by atoms with van der Waals surface area (Å²) in [5.74, 6) is -0.468. The monoisotopic (exact) mass is 326 g/mol. The molecule has 0 N–H and O–H groups in total. The number of hydrogen-bond acceptors (Lipinski definition) is 1. The molecule has 6 heteroatoms. The molecule has 0 aliphatic heterocycles. The van der Waals surface area contributed by atoms with Crippen molar-refractivity contribution in [1.29, 1.82) is 0 Å². The number of hydrogen-bond donors (Lipinski definition) is 0. The Kier molecular flexibility index (Phi) is 3.25. The fourth-order valence-corrected chi connectivity index (χ4v) is 2.16. The standard InChI is InChI=1S/C11H7BrClF3O/c12-8-4-6(11(14,15)16)3-7(9(8)13)10(17)5-1-2-5/h3-5H,1-2H2. The Labute approximate surface area is 109 Å². The van der Waals surface area contributed by atoms with E-state index >= 15 is 0 Å². The lowest BCUT2D eigenvalue weighted by molar-refractivity contribution is -0.137. The van der Waals surface area contributed by atoms with Crippen molar-refractivity contribution in [3.8, 4) is 0 Å². The second kappa shape index (κ2) is 4.28. The van der Waals surface area contributed by atoms with Gasteiger partial charge in [0, 0.05) is 16.0 Å². The Morgan fingerprint density at radius 1 is 1.35 bits per heavy atom. The molecule has 1 saturated carbocycles. The van der Waals surface area contributed by atoms with Gasteiger partial charge < -0.3 is 0 Å². The van der Waals surface area contributed by atoms with Gasteiger partial charge in [-0.2, -0.15) is 13.2 Å². The summed E-state index contributed by atoms with van der Waals surface area (Å²) in [7, 11) is 0. The fraction of sp³-hybridized carbons (Fsp3) is 0.364. The first-order valence-corrected chi connectivity index (χ1v) is 6.08. The van der Waals surface area contributed by atoms with Crippen molar-refractivity contribution in [2.75, 3.05) is 0 Å². The van der Waals surface area contributed by atoms with Gasteiger partial charge in [-0.25, -0.2) is 0 Å². The van der Waals surface area contributed by atoms with Crippen LogP contribution in [0, 0.1) is 5.92 Å². The molecule has 0 radical (unpaired) electrons. The van der Waals surface area contributed by atoms with Crippen LogP contribution in [0.5, 0.6) is 0 Å². The average molecular weight is 328 g/mol. The topological polar surface area (TPSA) is 17.1 Å². The molecule has 2 rings (SSSR count). The third kappa shape index (κ3) is 2.65. The van der Waals surface area contributed by atoms with E-state index in [1.807, 2.05) is 0 Å². The first kappa shape index (κ1) is 12.9. The Hall–Kier alpha value is -0.550. The zero-order valence-electron chi connectivity index (χ0n) is 8.44. The van der Waals surface area contributed by atoms with E-state index in [9.17, 15) is 18.0 Å². The number of alkyl halides is 3. The van der Waals surface area contributed by atoms with E-state index in [0.717, 1.165) is 25.0 Å². The van der Waals surface area contributed by atoms with Crippen LogP contribution < -0.4 is 0 Å². The quantitative estimate of drug-likeness (QED) is 0.719. The summed E-state index contributed by atoms with van der Waals surface area (Å²) in [5.41, 5.74) is -0.909. The maximum atomic E-state index is 12.6. The molecule has 1 nitrogen and oxygen atoms in total. The predicted molar refractivity (Wildman–Crippen MR) is 61.2 cm³/mol. The maximum absolute atomic E-state index is 12.6. The molecule has 1 aromatic rings. The normalized spacial score (nSPS) is 16.1. The fourth-order valence-electron chi connectivity index (χ4n) is 1.50. The molecule has 0 atom stereocenters. The predicted octanol–water partition coefficient (Wildman–Crippen LogP) is 4.71. The van der Waals surface area contributed by atoms with Crippen LogP contribution in [0.2, 0.25) is 5.02 Å². The molecule has 0 heterocycles. The van der Waals surface area contributed by atoms with E-state index in [0.29, 0.717) is 0 Å². The third-order valence-electron chi connectivity index (χ3n) is 2.57. The summed E-state index contributed by atoms with van der Waals surface area (Å²) in [4.78, 5) is 11.8. The molecular formula is C11H7BrClF3O. The molecule has 1 aliphatic rings. The summed E-state index contributed by atoms with van der Waals surface area (Å²) in [6, 6.07) is 1.71. The Morgan fingerprint density at radius 2 is 1.94 bits per heavy atom. The van der Waals surface area contributed by atoms with Crippen LogP contribution in [0.25, 0.3) is 0 Å². The summed E-state index contributed by atoms with van der Waals surface area (Å²) >= 11 is 8.79. The second-order valence-corrected chi connectivity index (χ2v) is 5.19. The number of benzene rings is 1. The van der Waals surface area contributed by atoms with Gasteiger partial charge in [0.25, 0.3) is 0 Å². The van der Waals surface area contributed by atoms with Crippen molar-refractivity contribution >= 4 is 33.3 Å². The first-order chi connectivity index (χ1) is 7.80. The van der Waals surface area contributed by atoms with E-state index in [2.05, 4.69) is 15.9 Å². The minimum atomic E-state index is -4.48. The van der Waals surface area contributed by atoms with Crippen molar-refractivity contribution in [2.45, 2.75) is 19.0 Å². The molecule has 0 spiro atoms. The molecule has 1 aromatic carbocycles. The number of rotatable bonds is 2. The zero-order valence-corrected chi connectivity index (χ0v) is 10.8. The Balaban J connectivity index is 2.50. The average Bonchev–Trinajstić information content (AvgIpc) is 3.02. The van der Waals surface area contributed by atoms with Gasteiger partial charge >= 0.3 is 6.18 Å². The number of carbonyl (C=O) groups excluding carboxylic acids is 1. The minimum Gasteiger partial charge on any atom is -0.294 e. The Morgan fingerprint density at radius 3 is 2.41 bits per heavy atom. The van der Waals surface area contributed by atoms with Crippen molar-refractivity contribution in [3.63, 3.8) is 0 Å². The number of carbonyl (C=O) groups is 1. The maximum Gasteiger partial charge on any atom is 0.416 e. The van der Waals surface area contributed by atoms with E-state index < -0.39 is 11.7 Å². The molecule has 1 fully saturated rings. The molecule has 0 amide bonds. The Bertz CT molecular complexity index is 480. The van der Waals surface area contributed by atoms with Crippen LogP contribution in [-0.2, 0) is 6.18 Å². The SMILES string of the molecule is O=C(c1cc(C(F)(F)F)cc(Br)c1Cl)C1CC1. The van der Waals surface area contributed by atoms with Crippen molar-refractivity contribution in [1.82, 2.24) is 0 Å². The molecule has 0 bridgehead atoms. The molecule has 92 valence electrons. The lowest BCUT2D eigenvalue weighted by atomic mass is 10.0. The smallest absolute Gasteiger partial charge is 0.294 e. The van der Waals surface area contributed by atoms with E-state index in [-0.39, 0.29) is 26.8 Å². The molecular weight excluding hydrogens is 320 g/mol. The van der Waals surface area contributed by atoms with Gasteiger partial charge in [-0.1, -0.05) is 11.6 Å². The number of halogens is 5. The van der Waals surface area contributed by atoms with Gasteiger partial charge in [0.1, 0.15) is 0 Å². The number of ketones is 1. The molecule has 0 unspecified atom stereocenters. The molecule has 0 saturated heterocycles. The second-order valence-electron chi connectivity index (χ2n) is 3.96. The zero-order chi connectivity index (χ0) is 12.8. The summed E-state index contributed by atoms with van der Waals surface area (Å²) < 4.78 is 37.8. The van der Waals surface area contributed by atoms with Gasteiger partial charge in [0.15, 0.2) is 5.78 Å². The molecule has 1 aliphatic carbocycles. The van der Waals surface area contributed by atoms with Crippen molar-refractivity contribution < 1.29 is 18.0 Å². The van der Waals surface area contributed by atoms with Crippen LogP contribution in [-0.4, -0.2) is 5.78 Å². The minimum absolute atomic E-state index is 0.0455. The van der Waals surface area contributed by atoms with E-state index in [1.165, 1.54) is 0 Å². The highest BCUT2D eigenvalue weighted by Crippen LogP contribution is 2.40. The van der Waals surface area contributed by atoms with Crippen LogP contribution in [0.3, 0.4) is 0 Å². The van der Waals surface area contributed by atoms with Crippen LogP contribution in [0.4, 0.5) is 13.2 Å². The van der Waals surface area contributed by atoms with Crippen LogP contribution in [0.1, 0.15) is 28.8 Å². The summed E-state index contributed by atoms with van der Waals surface area (Å²) in [6.45, 7) is 0. The summed E-state index contributed by atoms with van der Waals surface area (Å²) in [6.07, 6.45) is -3.03. The lowest BCUT2D eigenvalue weighted by Gasteiger charge is -2.11. The van der Waals surface area contributed by atoms with E-state index in [4.69, 9.17) is 11.6 Å². The van der Waals surface area contributed by atoms with Crippen molar-refractivity contribution in [3.05, 3.63) is 32.8 Å². The highest BCUT2D eigenvalue weighted by Gasteiger charge is 2.36.